The molecule has 140 valence electrons. The lowest BCUT2D eigenvalue weighted by molar-refractivity contribution is -0.121. The summed E-state index contributed by atoms with van der Waals surface area (Å²) in [6.07, 6.45) is 3.55. The van der Waals surface area contributed by atoms with Gasteiger partial charge in [0.15, 0.2) is 11.5 Å². The minimum absolute atomic E-state index is 0.112. The summed E-state index contributed by atoms with van der Waals surface area (Å²) in [4.78, 5) is 37.1. The maximum atomic E-state index is 13.0. The fourth-order valence-electron chi connectivity index (χ4n) is 2.52. The number of carbonyl (C=O) groups is 1. The van der Waals surface area contributed by atoms with Crippen molar-refractivity contribution in [3.05, 3.63) is 53.0 Å². The van der Waals surface area contributed by atoms with Crippen LogP contribution in [0, 0.1) is 11.7 Å². The first-order valence-electron chi connectivity index (χ1n) is 8.69. The molecule has 0 saturated carbocycles. The van der Waals surface area contributed by atoms with Crippen LogP contribution in [0.15, 0.2) is 41.6 Å². The van der Waals surface area contributed by atoms with Crippen molar-refractivity contribution in [2.24, 2.45) is 5.92 Å². The number of halogens is 1. The molecule has 3 rings (SSSR count). The zero-order chi connectivity index (χ0) is 19.4. The number of nitrogens with one attached hydrogen (secondary N) is 1. The zero-order valence-corrected chi connectivity index (χ0v) is 15.1. The summed E-state index contributed by atoms with van der Waals surface area (Å²) >= 11 is 0. The van der Waals surface area contributed by atoms with E-state index in [4.69, 9.17) is 0 Å². The van der Waals surface area contributed by atoms with Crippen LogP contribution in [0.1, 0.15) is 20.3 Å². The Morgan fingerprint density at radius 3 is 2.67 bits per heavy atom. The SMILES string of the molecule is CC(C)CCNC(=O)Cn1cnc2nc(-c3ccc(F)cc3)ncc2c1=O. The van der Waals surface area contributed by atoms with Crippen LogP contribution in [-0.4, -0.2) is 32.0 Å². The van der Waals surface area contributed by atoms with Crippen LogP contribution in [0.2, 0.25) is 0 Å². The number of fused-ring (bicyclic) bond motifs is 1. The van der Waals surface area contributed by atoms with E-state index in [1.807, 2.05) is 0 Å². The van der Waals surface area contributed by atoms with Gasteiger partial charge in [0.05, 0.1) is 0 Å². The lowest BCUT2D eigenvalue weighted by Gasteiger charge is -2.09. The molecule has 7 nitrogen and oxygen atoms in total. The summed E-state index contributed by atoms with van der Waals surface area (Å²) in [5.41, 5.74) is 0.462. The number of nitrogens with zero attached hydrogens (tertiary/aromatic N) is 4. The monoisotopic (exact) mass is 369 g/mol. The van der Waals surface area contributed by atoms with Crippen LogP contribution in [0.4, 0.5) is 4.39 Å². The zero-order valence-electron chi connectivity index (χ0n) is 15.1. The molecule has 0 radical (unpaired) electrons. The second kappa shape index (κ2) is 8.03. The number of aromatic nitrogens is 4. The van der Waals surface area contributed by atoms with E-state index in [1.54, 1.807) is 12.1 Å². The van der Waals surface area contributed by atoms with Crippen molar-refractivity contribution in [2.45, 2.75) is 26.8 Å². The van der Waals surface area contributed by atoms with Gasteiger partial charge in [0.25, 0.3) is 5.56 Å². The standard InChI is InChI=1S/C19H20FN5O2/c1-12(2)7-8-21-16(26)10-25-11-23-18-15(19(25)27)9-22-17(24-18)13-3-5-14(20)6-4-13/h3-6,9,11-12H,7-8,10H2,1-2H3,(H,21,26). The van der Waals surface area contributed by atoms with Crippen molar-refractivity contribution in [1.82, 2.24) is 24.8 Å². The van der Waals surface area contributed by atoms with Crippen LogP contribution in [0.3, 0.4) is 0 Å². The molecule has 0 spiro atoms. The highest BCUT2D eigenvalue weighted by atomic mass is 19.1. The first-order chi connectivity index (χ1) is 12.9. The Kier molecular flexibility index (Phi) is 5.54. The van der Waals surface area contributed by atoms with Gasteiger partial charge >= 0.3 is 0 Å². The molecule has 0 unspecified atom stereocenters. The second-order valence-corrected chi connectivity index (χ2v) is 6.65. The van der Waals surface area contributed by atoms with Crippen LogP contribution in [-0.2, 0) is 11.3 Å². The van der Waals surface area contributed by atoms with Gasteiger partial charge in [-0.3, -0.25) is 14.2 Å². The lowest BCUT2D eigenvalue weighted by atomic mass is 10.1. The van der Waals surface area contributed by atoms with Gasteiger partial charge < -0.3 is 5.32 Å². The van der Waals surface area contributed by atoms with Gasteiger partial charge in [-0.05, 0) is 36.6 Å². The Morgan fingerprint density at radius 2 is 1.96 bits per heavy atom. The minimum Gasteiger partial charge on any atom is -0.355 e. The third-order valence-corrected chi connectivity index (χ3v) is 4.04. The number of hydrogen-bond donors (Lipinski definition) is 1. The molecule has 1 amide bonds. The Balaban J connectivity index is 1.81. The normalized spacial score (nSPS) is 11.1. The molecule has 27 heavy (non-hydrogen) atoms. The molecule has 1 N–H and O–H groups in total. The molecular formula is C19H20FN5O2. The average Bonchev–Trinajstić information content (AvgIpc) is 2.64. The van der Waals surface area contributed by atoms with Gasteiger partial charge in [0, 0.05) is 18.3 Å². The van der Waals surface area contributed by atoms with Crippen LogP contribution >= 0.6 is 0 Å². The van der Waals surface area contributed by atoms with Crippen LogP contribution < -0.4 is 10.9 Å². The summed E-state index contributed by atoms with van der Waals surface area (Å²) in [5, 5.41) is 3.01. The molecule has 0 atom stereocenters. The summed E-state index contributed by atoms with van der Waals surface area (Å²) < 4.78 is 14.3. The van der Waals surface area contributed by atoms with Gasteiger partial charge in [0.1, 0.15) is 24.1 Å². The Hall–Kier alpha value is -3.16. The van der Waals surface area contributed by atoms with E-state index >= 15 is 0 Å². The number of carbonyl (C=O) groups excluding carboxylic acids is 1. The molecule has 0 aliphatic heterocycles. The highest BCUT2D eigenvalue weighted by Gasteiger charge is 2.11. The van der Waals surface area contributed by atoms with E-state index in [1.165, 1.54) is 29.2 Å². The number of hydrogen-bond acceptors (Lipinski definition) is 5. The van der Waals surface area contributed by atoms with Crippen molar-refractivity contribution < 1.29 is 9.18 Å². The molecular weight excluding hydrogens is 349 g/mol. The van der Waals surface area contributed by atoms with Gasteiger partial charge in [-0.25, -0.2) is 19.3 Å². The third-order valence-electron chi connectivity index (χ3n) is 4.04. The van der Waals surface area contributed by atoms with Crippen molar-refractivity contribution in [3.63, 3.8) is 0 Å². The molecule has 0 fully saturated rings. The molecule has 0 aliphatic carbocycles. The van der Waals surface area contributed by atoms with Gasteiger partial charge in [0.2, 0.25) is 5.91 Å². The largest absolute Gasteiger partial charge is 0.355 e. The smallest absolute Gasteiger partial charge is 0.264 e. The van der Waals surface area contributed by atoms with Crippen LogP contribution in [0.25, 0.3) is 22.4 Å². The quantitative estimate of drug-likeness (QED) is 0.719. The Morgan fingerprint density at radius 1 is 1.22 bits per heavy atom. The highest BCUT2D eigenvalue weighted by Crippen LogP contribution is 2.16. The van der Waals surface area contributed by atoms with Gasteiger partial charge in [-0.1, -0.05) is 13.8 Å². The Labute approximate surface area is 155 Å². The molecule has 8 heteroatoms. The molecule has 2 aromatic heterocycles. The van der Waals surface area contributed by atoms with E-state index in [0.29, 0.717) is 23.9 Å². The third kappa shape index (κ3) is 4.52. The summed E-state index contributed by atoms with van der Waals surface area (Å²) in [6.45, 7) is 4.60. The number of rotatable bonds is 6. The predicted molar refractivity (Wildman–Crippen MR) is 99.5 cm³/mol. The second-order valence-electron chi connectivity index (χ2n) is 6.65. The van der Waals surface area contributed by atoms with Crippen molar-refractivity contribution in [3.8, 4) is 11.4 Å². The summed E-state index contributed by atoms with van der Waals surface area (Å²) in [7, 11) is 0. The summed E-state index contributed by atoms with van der Waals surface area (Å²) in [6, 6.07) is 5.73. The van der Waals surface area contributed by atoms with E-state index in [9.17, 15) is 14.0 Å². The molecule has 0 bridgehead atoms. The van der Waals surface area contributed by atoms with Crippen LogP contribution in [0.5, 0.6) is 0 Å². The van der Waals surface area contributed by atoms with Crippen molar-refractivity contribution in [2.75, 3.05) is 6.54 Å². The van der Waals surface area contributed by atoms with Crippen molar-refractivity contribution in [1.29, 1.82) is 0 Å². The molecule has 2 heterocycles. The maximum Gasteiger partial charge on any atom is 0.264 e. The molecule has 1 aromatic carbocycles. The fraction of sp³-hybridized carbons (Fsp3) is 0.316. The average molecular weight is 369 g/mol. The maximum absolute atomic E-state index is 13.0. The number of benzene rings is 1. The molecule has 3 aromatic rings. The number of amides is 1. The van der Waals surface area contributed by atoms with E-state index in [2.05, 4.69) is 34.1 Å². The topological polar surface area (TPSA) is 89.8 Å². The van der Waals surface area contributed by atoms with Crippen molar-refractivity contribution >= 4 is 16.9 Å². The van der Waals surface area contributed by atoms with E-state index < -0.39 is 0 Å². The predicted octanol–water partition coefficient (Wildman–Crippen LogP) is 2.15. The first kappa shape index (κ1) is 18.6. The van der Waals surface area contributed by atoms with E-state index in [0.717, 1.165) is 6.42 Å². The van der Waals surface area contributed by atoms with Gasteiger partial charge in [-0.2, -0.15) is 0 Å². The highest BCUT2D eigenvalue weighted by molar-refractivity contribution is 5.77. The van der Waals surface area contributed by atoms with Gasteiger partial charge in [-0.15, -0.1) is 0 Å². The molecule has 0 saturated heterocycles. The molecule has 0 aliphatic rings. The fourth-order valence-corrected chi connectivity index (χ4v) is 2.52. The Bertz CT molecular complexity index is 1010. The minimum atomic E-state index is -0.385. The lowest BCUT2D eigenvalue weighted by Crippen LogP contribution is -2.33. The van der Waals surface area contributed by atoms with E-state index in [-0.39, 0.29) is 34.9 Å². The first-order valence-corrected chi connectivity index (χ1v) is 8.69. The summed E-state index contributed by atoms with van der Waals surface area (Å²) in [5.74, 6) is 0.233.